The largest absolute Gasteiger partial charge is 0.494 e. The minimum absolute atomic E-state index is 0.330. The Labute approximate surface area is 182 Å². The van der Waals surface area contributed by atoms with Gasteiger partial charge >= 0.3 is 11.9 Å². The molecule has 2 aromatic carbocycles. The third-order valence-electron chi connectivity index (χ3n) is 4.21. The van der Waals surface area contributed by atoms with Gasteiger partial charge in [0.05, 0.1) is 13.2 Å². The lowest BCUT2D eigenvalue weighted by molar-refractivity contribution is -0.139. The molecule has 0 saturated heterocycles. The number of hydrogen-bond acceptors (Lipinski definition) is 5. The smallest absolute Gasteiger partial charge is 0.336 e. The molecule has 0 heterocycles. The van der Waals surface area contributed by atoms with Crippen molar-refractivity contribution in [3.8, 4) is 11.5 Å². The Hall–Kier alpha value is -3.41. The average Bonchev–Trinajstić information content (AvgIpc) is 2.76. The highest BCUT2D eigenvalue weighted by molar-refractivity contribution is 5.88. The van der Waals surface area contributed by atoms with Gasteiger partial charge in [0.15, 0.2) is 0 Å². The van der Waals surface area contributed by atoms with Crippen LogP contribution in [0.4, 0.5) is 4.39 Å². The summed E-state index contributed by atoms with van der Waals surface area (Å²) < 4.78 is 28.8. The van der Waals surface area contributed by atoms with Gasteiger partial charge in [-0.2, -0.15) is 0 Å². The van der Waals surface area contributed by atoms with E-state index in [4.69, 9.17) is 14.2 Å². The van der Waals surface area contributed by atoms with Crippen LogP contribution in [-0.2, 0) is 14.3 Å². The fourth-order valence-corrected chi connectivity index (χ4v) is 2.53. The van der Waals surface area contributed by atoms with E-state index in [1.165, 1.54) is 18.2 Å². The second-order valence-corrected chi connectivity index (χ2v) is 6.96. The topological polar surface area (TPSA) is 61.8 Å². The molecule has 0 aliphatic heterocycles. The van der Waals surface area contributed by atoms with E-state index in [0.717, 1.165) is 25.7 Å². The predicted molar refractivity (Wildman–Crippen MR) is 117 cm³/mol. The fourth-order valence-electron chi connectivity index (χ4n) is 2.53. The Balaban J connectivity index is 1.61. The summed E-state index contributed by atoms with van der Waals surface area (Å²) in [5.74, 6) is -0.0978. The van der Waals surface area contributed by atoms with Gasteiger partial charge in [-0.1, -0.05) is 18.7 Å². The van der Waals surface area contributed by atoms with Gasteiger partial charge in [0, 0.05) is 11.6 Å². The summed E-state index contributed by atoms with van der Waals surface area (Å²) in [5, 5.41) is 0. The maximum atomic E-state index is 12.9. The molecule has 0 bridgehead atoms. The molecule has 0 radical (unpaired) electrons. The third-order valence-corrected chi connectivity index (χ3v) is 4.21. The summed E-state index contributed by atoms with van der Waals surface area (Å²) in [5.41, 5.74) is 1.12. The quantitative estimate of drug-likeness (QED) is 0.194. The first kappa shape index (κ1) is 23.9. The van der Waals surface area contributed by atoms with Crippen molar-refractivity contribution in [1.82, 2.24) is 0 Å². The molecule has 0 atom stereocenters. The lowest BCUT2D eigenvalue weighted by Gasteiger charge is -2.07. The van der Waals surface area contributed by atoms with E-state index in [-0.39, 0.29) is 11.8 Å². The number of ether oxygens (including phenoxy) is 3. The Morgan fingerprint density at radius 3 is 2.16 bits per heavy atom. The molecule has 0 amide bonds. The van der Waals surface area contributed by atoms with Crippen LogP contribution in [0.25, 0.3) is 6.08 Å². The van der Waals surface area contributed by atoms with Crippen LogP contribution in [-0.4, -0.2) is 25.2 Å². The second kappa shape index (κ2) is 13.0. The van der Waals surface area contributed by atoms with Gasteiger partial charge in [0.1, 0.15) is 17.3 Å². The molecule has 0 saturated carbocycles. The maximum Gasteiger partial charge on any atom is 0.336 e. The van der Waals surface area contributed by atoms with E-state index >= 15 is 0 Å². The summed E-state index contributed by atoms with van der Waals surface area (Å²) in [4.78, 5) is 23.1. The maximum absolute atomic E-state index is 12.9. The van der Waals surface area contributed by atoms with Gasteiger partial charge < -0.3 is 14.2 Å². The lowest BCUT2D eigenvalue weighted by Crippen LogP contribution is -2.06. The average molecular weight is 426 g/mol. The second-order valence-electron chi connectivity index (χ2n) is 6.96. The summed E-state index contributed by atoms with van der Waals surface area (Å²) >= 11 is 0. The number of hydrogen-bond donors (Lipinski definition) is 0. The number of carbonyl (C=O) groups excluding carboxylic acids is 2. The SMILES string of the molecule is C=C(C)C(=O)OCCCCCCOc1ccc(OC(=O)C=Cc2ccc(F)cc2)cc1. The van der Waals surface area contributed by atoms with Crippen LogP contribution in [0.1, 0.15) is 38.2 Å². The molecular formula is C25H27FO5. The molecule has 5 nitrogen and oxygen atoms in total. The molecule has 6 heteroatoms. The van der Waals surface area contributed by atoms with E-state index in [1.807, 2.05) is 0 Å². The number of halogens is 1. The first-order valence-corrected chi connectivity index (χ1v) is 10.1. The zero-order valence-corrected chi connectivity index (χ0v) is 17.6. The van der Waals surface area contributed by atoms with Crippen molar-refractivity contribution < 1.29 is 28.2 Å². The Morgan fingerprint density at radius 2 is 1.52 bits per heavy atom. The molecule has 0 fully saturated rings. The number of unbranched alkanes of at least 4 members (excludes halogenated alkanes) is 3. The lowest BCUT2D eigenvalue weighted by atomic mass is 10.2. The number of benzene rings is 2. The van der Waals surface area contributed by atoms with Crippen molar-refractivity contribution >= 4 is 18.0 Å². The number of carbonyl (C=O) groups is 2. The molecule has 164 valence electrons. The van der Waals surface area contributed by atoms with Gasteiger partial charge in [-0.05, 0) is 80.6 Å². The number of esters is 2. The summed E-state index contributed by atoms with van der Waals surface area (Å²) in [7, 11) is 0. The molecule has 31 heavy (non-hydrogen) atoms. The Bertz CT molecular complexity index is 885. The highest BCUT2D eigenvalue weighted by atomic mass is 19.1. The van der Waals surface area contributed by atoms with E-state index < -0.39 is 5.97 Å². The van der Waals surface area contributed by atoms with Gasteiger partial charge in [0.2, 0.25) is 0 Å². The van der Waals surface area contributed by atoms with Gasteiger partial charge in [-0.3, -0.25) is 0 Å². The summed E-state index contributed by atoms with van der Waals surface area (Å²) in [6, 6.07) is 12.6. The van der Waals surface area contributed by atoms with E-state index in [0.29, 0.717) is 35.8 Å². The van der Waals surface area contributed by atoms with Crippen molar-refractivity contribution in [3.63, 3.8) is 0 Å². The van der Waals surface area contributed by atoms with Crippen molar-refractivity contribution in [2.45, 2.75) is 32.6 Å². The van der Waals surface area contributed by atoms with Gasteiger partial charge in [0.25, 0.3) is 0 Å². The van der Waals surface area contributed by atoms with Crippen molar-refractivity contribution in [2.24, 2.45) is 0 Å². The standard InChI is InChI=1S/C25H27FO5/c1-19(2)25(28)30-18-6-4-3-5-17-29-22-12-14-23(15-13-22)31-24(27)16-9-20-7-10-21(26)11-8-20/h7-16H,1,3-6,17-18H2,2H3. The number of rotatable bonds is 12. The van der Waals surface area contributed by atoms with Crippen LogP contribution in [0.3, 0.4) is 0 Å². The monoisotopic (exact) mass is 426 g/mol. The Kier molecular flexibility index (Phi) is 10.0. The van der Waals surface area contributed by atoms with E-state index in [1.54, 1.807) is 49.4 Å². The molecular weight excluding hydrogens is 399 g/mol. The van der Waals surface area contributed by atoms with Crippen LogP contribution in [0.15, 0.2) is 66.8 Å². The van der Waals surface area contributed by atoms with Crippen LogP contribution >= 0.6 is 0 Å². The first-order valence-electron chi connectivity index (χ1n) is 10.1. The Morgan fingerprint density at radius 1 is 0.903 bits per heavy atom. The van der Waals surface area contributed by atoms with E-state index in [2.05, 4.69) is 6.58 Å². The zero-order chi connectivity index (χ0) is 22.5. The zero-order valence-electron chi connectivity index (χ0n) is 17.6. The molecule has 0 unspecified atom stereocenters. The van der Waals surface area contributed by atoms with Crippen molar-refractivity contribution in [2.75, 3.05) is 13.2 Å². The van der Waals surface area contributed by atoms with Crippen molar-refractivity contribution in [3.05, 3.63) is 78.1 Å². The molecule has 0 aromatic heterocycles. The molecule has 0 spiro atoms. The van der Waals surface area contributed by atoms with Crippen molar-refractivity contribution in [1.29, 1.82) is 0 Å². The highest BCUT2D eigenvalue weighted by Gasteiger charge is 2.03. The first-order chi connectivity index (χ1) is 14.9. The normalized spacial score (nSPS) is 10.6. The molecule has 0 aliphatic rings. The minimum Gasteiger partial charge on any atom is -0.494 e. The van der Waals surface area contributed by atoms with Gasteiger partial charge in [-0.25, -0.2) is 14.0 Å². The molecule has 0 N–H and O–H groups in total. The molecule has 0 aliphatic carbocycles. The van der Waals surface area contributed by atoms with Crippen LogP contribution in [0.5, 0.6) is 11.5 Å². The van der Waals surface area contributed by atoms with Crippen LogP contribution in [0.2, 0.25) is 0 Å². The van der Waals surface area contributed by atoms with E-state index in [9.17, 15) is 14.0 Å². The minimum atomic E-state index is -0.521. The summed E-state index contributed by atoms with van der Waals surface area (Å²) in [6.07, 6.45) is 6.48. The summed E-state index contributed by atoms with van der Waals surface area (Å²) in [6.45, 7) is 6.15. The molecule has 2 rings (SSSR count). The highest BCUT2D eigenvalue weighted by Crippen LogP contribution is 2.18. The predicted octanol–water partition coefficient (Wildman–Crippen LogP) is 5.50. The van der Waals surface area contributed by atoms with Crippen LogP contribution in [0, 0.1) is 5.82 Å². The third kappa shape index (κ3) is 9.76. The fraction of sp³-hybridized carbons (Fsp3) is 0.280. The van der Waals surface area contributed by atoms with Crippen LogP contribution < -0.4 is 9.47 Å². The molecule has 2 aromatic rings. The van der Waals surface area contributed by atoms with Gasteiger partial charge in [-0.15, -0.1) is 0 Å².